The Morgan fingerprint density at radius 2 is 2.20 bits per heavy atom. The van der Waals surface area contributed by atoms with E-state index in [0.717, 1.165) is 9.87 Å². The van der Waals surface area contributed by atoms with Crippen LogP contribution in [0.2, 0.25) is 5.02 Å². The van der Waals surface area contributed by atoms with E-state index < -0.39 is 22.0 Å². The third kappa shape index (κ3) is 2.95. The van der Waals surface area contributed by atoms with Crippen molar-refractivity contribution in [3.63, 3.8) is 0 Å². The van der Waals surface area contributed by atoms with E-state index in [9.17, 15) is 18.3 Å². The first-order chi connectivity index (χ1) is 9.34. The maximum atomic E-state index is 12.6. The van der Waals surface area contributed by atoms with Gasteiger partial charge in [-0.05, 0) is 24.6 Å². The van der Waals surface area contributed by atoms with Gasteiger partial charge in [-0.1, -0.05) is 17.7 Å². The molecule has 0 aliphatic carbocycles. The van der Waals surface area contributed by atoms with E-state index in [4.69, 9.17) is 11.6 Å². The summed E-state index contributed by atoms with van der Waals surface area (Å²) in [5.41, 5.74) is 0.845. The molecule has 1 fully saturated rings. The molecule has 110 valence electrons. The van der Waals surface area contributed by atoms with Crippen molar-refractivity contribution >= 4 is 39.4 Å². The topological polar surface area (TPSA) is 74.7 Å². The second-order valence-electron chi connectivity index (χ2n) is 4.48. The number of thioether (sulfide) groups is 1. The Bertz CT molecular complexity index is 632. The number of halogens is 1. The Kier molecular flexibility index (Phi) is 4.63. The largest absolute Gasteiger partial charge is 0.480 e. The molecule has 0 bridgehead atoms. The summed E-state index contributed by atoms with van der Waals surface area (Å²) in [7, 11) is -3.90. The summed E-state index contributed by atoms with van der Waals surface area (Å²) in [6.45, 7) is 1.98. The summed E-state index contributed by atoms with van der Waals surface area (Å²) in [6.07, 6.45) is 0. The molecule has 0 radical (unpaired) electrons. The monoisotopic (exact) mass is 335 g/mol. The molecule has 1 aromatic rings. The molecule has 0 aromatic heterocycles. The molecule has 1 N–H and O–H groups in total. The summed E-state index contributed by atoms with van der Waals surface area (Å²) in [5.74, 6) is -0.311. The Hall–Kier alpha value is -0.760. The molecule has 1 saturated heterocycles. The summed E-state index contributed by atoms with van der Waals surface area (Å²) in [5, 5.41) is 9.30. The van der Waals surface area contributed by atoms with Crippen molar-refractivity contribution in [3.05, 3.63) is 28.8 Å². The molecule has 2 rings (SSSR count). The Morgan fingerprint density at radius 3 is 2.80 bits per heavy atom. The van der Waals surface area contributed by atoms with Gasteiger partial charge in [0.05, 0.1) is 5.02 Å². The number of carboxylic acid groups (broad SMARTS) is 1. The van der Waals surface area contributed by atoms with Gasteiger partial charge in [0, 0.05) is 18.1 Å². The number of carbonyl (C=O) groups is 1. The molecular formula is C12H14ClNO4S2. The molecule has 1 unspecified atom stereocenters. The van der Waals surface area contributed by atoms with Gasteiger partial charge < -0.3 is 5.11 Å². The average molecular weight is 336 g/mol. The van der Waals surface area contributed by atoms with Crippen molar-refractivity contribution in [2.24, 2.45) is 0 Å². The fraction of sp³-hybridized carbons (Fsp3) is 0.417. The second-order valence-corrected chi connectivity index (χ2v) is 7.89. The number of carboxylic acids is 1. The van der Waals surface area contributed by atoms with Crippen LogP contribution >= 0.6 is 23.4 Å². The molecule has 20 heavy (non-hydrogen) atoms. The lowest BCUT2D eigenvalue weighted by Gasteiger charge is -2.31. The molecule has 0 amide bonds. The summed E-state index contributed by atoms with van der Waals surface area (Å²) < 4.78 is 26.2. The molecule has 1 aliphatic heterocycles. The van der Waals surface area contributed by atoms with Gasteiger partial charge in [-0.2, -0.15) is 16.1 Å². The van der Waals surface area contributed by atoms with Crippen molar-refractivity contribution in [3.8, 4) is 0 Å². The van der Waals surface area contributed by atoms with Gasteiger partial charge in [-0.15, -0.1) is 0 Å². The van der Waals surface area contributed by atoms with Crippen molar-refractivity contribution in [2.75, 3.05) is 18.1 Å². The first-order valence-corrected chi connectivity index (χ1v) is 8.90. The maximum absolute atomic E-state index is 12.6. The van der Waals surface area contributed by atoms with Gasteiger partial charge in [0.25, 0.3) is 0 Å². The second kappa shape index (κ2) is 5.93. The lowest BCUT2D eigenvalue weighted by Crippen LogP contribution is -2.50. The fourth-order valence-electron chi connectivity index (χ4n) is 2.01. The maximum Gasteiger partial charge on any atom is 0.322 e. The van der Waals surface area contributed by atoms with Crippen LogP contribution in [-0.4, -0.2) is 47.9 Å². The SMILES string of the molecule is Cc1ccc(S(=O)(=O)N2CCSCC2C(=O)O)c(Cl)c1. The molecular weight excluding hydrogens is 322 g/mol. The van der Waals surface area contributed by atoms with Gasteiger partial charge >= 0.3 is 5.97 Å². The number of sulfonamides is 1. The first-order valence-electron chi connectivity index (χ1n) is 5.92. The quantitative estimate of drug-likeness (QED) is 0.912. The predicted molar refractivity (Wildman–Crippen MR) is 78.8 cm³/mol. The number of nitrogens with zero attached hydrogens (tertiary/aromatic N) is 1. The van der Waals surface area contributed by atoms with Crippen LogP contribution in [0.3, 0.4) is 0 Å². The molecule has 1 aromatic carbocycles. The van der Waals surface area contributed by atoms with Crippen LogP contribution in [0.15, 0.2) is 23.1 Å². The van der Waals surface area contributed by atoms with E-state index >= 15 is 0 Å². The molecule has 0 saturated carbocycles. The number of aryl methyl sites for hydroxylation is 1. The van der Waals surface area contributed by atoms with Gasteiger partial charge in [-0.25, -0.2) is 8.42 Å². The van der Waals surface area contributed by atoms with Crippen LogP contribution in [-0.2, 0) is 14.8 Å². The van der Waals surface area contributed by atoms with Gasteiger partial charge in [0.15, 0.2) is 0 Å². The van der Waals surface area contributed by atoms with Crippen molar-refractivity contribution in [1.29, 1.82) is 0 Å². The van der Waals surface area contributed by atoms with E-state index in [1.165, 1.54) is 17.8 Å². The fourth-order valence-corrected chi connectivity index (χ4v) is 5.42. The Balaban J connectivity index is 2.45. The van der Waals surface area contributed by atoms with E-state index in [1.54, 1.807) is 19.1 Å². The lowest BCUT2D eigenvalue weighted by molar-refractivity contribution is -0.140. The number of hydrogen-bond donors (Lipinski definition) is 1. The third-order valence-electron chi connectivity index (χ3n) is 3.04. The lowest BCUT2D eigenvalue weighted by atomic mass is 10.2. The highest BCUT2D eigenvalue weighted by Gasteiger charge is 2.38. The standard InChI is InChI=1S/C12H14ClNO4S2/c1-8-2-3-11(9(13)6-8)20(17,18)14-4-5-19-7-10(14)12(15)16/h2-3,6,10H,4-5,7H2,1H3,(H,15,16). The zero-order valence-electron chi connectivity index (χ0n) is 10.7. The first kappa shape index (κ1) is 15.6. The van der Waals surface area contributed by atoms with Crippen molar-refractivity contribution in [1.82, 2.24) is 4.31 Å². The Labute approximate surface area is 127 Å². The summed E-state index contributed by atoms with van der Waals surface area (Å²) >= 11 is 7.44. The van der Waals surface area contributed by atoms with Crippen LogP contribution < -0.4 is 0 Å². The third-order valence-corrected chi connectivity index (χ3v) is 6.45. The number of hydrogen-bond acceptors (Lipinski definition) is 4. The van der Waals surface area contributed by atoms with Gasteiger partial charge in [0.1, 0.15) is 10.9 Å². The van der Waals surface area contributed by atoms with Crippen LogP contribution in [0.25, 0.3) is 0 Å². The highest BCUT2D eigenvalue weighted by Crippen LogP contribution is 2.29. The Morgan fingerprint density at radius 1 is 1.50 bits per heavy atom. The molecule has 5 nitrogen and oxygen atoms in total. The summed E-state index contributed by atoms with van der Waals surface area (Å²) in [6, 6.07) is 3.58. The zero-order chi connectivity index (χ0) is 14.9. The number of aliphatic carboxylic acids is 1. The minimum atomic E-state index is -3.90. The van der Waals surface area contributed by atoms with Crippen molar-refractivity contribution < 1.29 is 18.3 Å². The molecule has 1 heterocycles. The van der Waals surface area contributed by atoms with Gasteiger partial charge in [-0.3, -0.25) is 4.79 Å². The molecule has 1 atom stereocenters. The smallest absolute Gasteiger partial charge is 0.322 e. The molecule has 1 aliphatic rings. The summed E-state index contributed by atoms with van der Waals surface area (Å²) in [4.78, 5) is 11.2. The average Bonchev–Trinajstić information content (AvgIpc) is 2.38. The van der Waals surface area contributed by atoms with Gasteiger partial charge in [0.2, 0.25) is 10.0 Å². The highest BCUT2D eigenvalue weighted by molar-refractivity contribution is 7.99. The van der Waals surface area contributed by atoms with Crippen LogP contribution in [0, 0.1) is 6.92 Å². The molecule has 0 spiro atoms. The van der Waals surface area contributed by atoms with Crippen LogP contribution in [0.1, 0.15) is 5.56 Å². The number of benzene rings is 1. The molecule has 8 heteroatoms. The predicted octanol–water partition coefficient (Wildman–Crippen LogP) is 1.84. The van der Waals surface area contributed by atoms with E-state index in [0.29, 0.717) is 5.75 Å². The normalized spacial score (nSPS) is 20.8. The van der Waals surface area contributed by atoms with E-state index in [-0.39, 0.29) is 22.2 Å². The minimum Gasteiger partial charge on any atom is -0.480 e. The van der Waals surface area contributed by atoms with E-state index in [1.807, 2.05) is 0 Å². The van der Waals surface area contributed by atoms with Crippen LogP contribution in [0.4, 0.5) is 0 Å². The zero-order valence-corrected chi connectivity index (χ0v) is 13.1. The van der Waals surface area contributed by atoms with E-state index in [2.05, 4.69) is 0 Å². The minimum absolute atomic E-state index is 0.0390. The van der Waals surface area contributed by atoms with Crippen molar-refractivity contribution in [2.45, 2.75) is 17.9 Å². The number of rotatable bonds is 3. The highest BCUT2D eigenvalue weighted by atomic mass is 35.5. The van der Waals surface area contributed by atoms with Crippen LogP contribution in [0.5, 0.6) is 0 Å².